The second-order valence-electron chi connectivity index (χ2n) is 6.05. The molecular formula is C16H14F6N4O4S. The Morgan fingerprint density at radius 3 is 2.16 bits per heavy atom. The molecule has 0 fully saturated rings. The molecular weight excluding hydrogens is 458 g/mol. The summed E-state index contributed by atoms with van der Waals surface area (Å²) in [5, 5.41) is 2.01. The molecule has 2 aromatic rings. The van der Waals surface area contributed by atoms with Crippen LogP contribution in [0.4, 0.5) is 37.1 Å². The number of nitrogens with one attached hydrogen (secondary N) is 2. The predicted molar refractivity (Wildman–Crippen MR) is 93.8 cm³/mol. The first-order valence-corrected chi connectivity index (χ1v) is 9.63. The summed E-state index contributed by atoms with van der Waals surface area (Å²) in [6, 6.07) is 3.36. The lowest BCUT2D eigenvalue weighted by molar-refractivity contribution is -0.305. The molecule has 15 heteroatoms. The SMILES string of the molecule is Cc1cc(C)nc(NC(=O)NS(=O)(=O)c2ccccc2OC(F)(F)C(F)C(F)(F)F)n1. The van der Waals surface area contributed by atoms with Crippen LogP contribution >= 0.6 is 0 Å². The van der Waals surface area contributed by atoms with E-state index in [9.17, 15) is 39.6 Å². The number of carbonyl (C=O) groups excluding carboxylic acids is 1. The number of aromatic nitrogens is 2. The zero-order valence-corrected chi connectivity index (χ0v) is 16.5. The molecule has 0 saturated heterocycles. The highest BCUT2D eigenvalue weighted by molar-refractivity contribution is 7.90. The number of hydrogen-bond acceptors (Lipinski definition) is 6. The van der Waals surface area contributed by atoms with Gasteiger partial charge in [0, 0.05) is 11.4 Å². The Balaban J connectivity index is 2.26. The molecule has 31 heavy (non-hydrogen) atoms. The fourth-order valence-electron chi connectivity index (χ4n) is 2.23. The van der Waals surface area contributed by atoms with Crippen LogP contribution in [0.1, 0.15) is 11.4 Å². The van der Waals surface area contributed by atoms with Crippen molar-refractivity contribution < 1.29 is 44.3 Å². The number of halogens is 6. The van der Waals surface area contributed by atoms with E-state index in [1.807, 2.05) is 5.32 Å². The summed E-state index contributed by atoms with van der Waals surface area (Å²) in [7, 11) is -4.94. The molecule has 170 valence electrons. The number of nitrogens with zero attached hydrogens (tertiary/aromatic N) is 2. The van der Waals surface area contributed by atoms with Crippen LogP contribution in [0.25, 0.3) is 0 Å². The predicted octanol–water partition coefficient (Wildman–Crippen LogP) is 3.48. The standard InChI is InChI=1S/C16H14F6N4O4S/c1-8-7-9(2)24-13(23-8)25-14(27)26-31(28,29)11-6-4-3-5-10(11)30-16(21,22)12(17)15(18,19)20/h3-7,12H,1-2H3,(H2,23,24,25,26,27). The highest BCUT2D eigenvalue weighted by Gasteiger charge is 2.59. The van der Waals surface area contributed by atoms with Crippen molar-refractivity contribution in [1.29, 1.82) is 0 Å². The lowest BCUT2D eigenvalue weighted by atomic mass is 10.3. The molecule has 0 bridgehead atoms. The average Bonchev–Trinajstić information content (AvgIpc) is 2.58. The number of carbonyl (C=O) groups is 1. The van der Waals surface area contributed by atoms with Crippen LogP contribution in [0.3, 0.4) is 0 Å². The zero-order valence-electron chi connectivity index (χ0n) is 15.7. The van der Waals surface area contributed by atoms with Gasteiger partial charge in [-0.25, -0.2) is 32.3 Å². The summed E-state index contributed by atoms with van der Waals surface area (Å²) in [6.07, 6.45) is -16.1. The first-order valence-electron chi connectivity index (χ1n) is 8.14. The van der Waals surface area contributed by atoms with E-state index in [1.54, 1.807) is 19.9 Å². The molecule has 1 atom stereocenters. The summed E-state index contributed by atoms with van der Waals surface area (Å²) in [6.45, 7) is 3.14. The number of hydrogen-bond donors (Lipinski definition) is 2. The van der Waals surface area contributed by atoms with E-state index < -0.39 is 45.2 Å². The zero-order chi connectivity index (χ0) is 23.6. The highest BCUT2D eigenvalue weighted by atomic mass is 32.2. The van der Waals surface area contributed by atoms with E-state index in [-0.39, 0.29) is 5.95 Å². The number of anilines is 1. The Hall–Kier alpha value is -3.10. The van der Waals surface area contributed by atoms with Crippen molar-refractivity contribution >= 4 is 22.0 Å². The van der Waals surface area contributed by atoms with Gasteiger partial charge in [0.1, 0.15) is 10.6 Å². The number of urea groups is 1. The number of aryl methyl sites for hydroxylation is 2. The van der Waals surface area contributed by atoms with Gasteiger partial charge in [0.25, 0.3) is 16.2 Å². The summed E-state index contributed by atoms with van der Waals surface area (Å²) >= 11 is 0. The Morgan fingerprint density at radius 2 is 1.61 bits per heavy atom. The number of para-hydroxylation sites is 1. The van der Waals surface area contributed by atoms with Crippen LogP contribution in [0.15, 0.2) is 35.2 Å². The molecule has 2 N–H and O–H groups in total. The van der Waals surface area contributed by atoms with Crippen molar-refractivity contribution in [2.45, 2.75) is 37.2 Å². The monoisotopic (exact) mass is 472 g/mol. The third kappa shape index (κ3) is 6.19. The van der Waals surface area contributed by atoms with Crippen LogP contribution in [0, 0.1) is 13.8 Å². The van der Waals surface area contributed by atoms with Gasteiger partial charge in [0.05, 0.1) is 0 Å². The van der Waals surface area contributed by atoms with Crippen molar-refractivity contribution in [3.8, 4) is 5.75 Å². The van der Waals surface area contributed by atoms with Gasteiger partial charge in [0.15, 0.2) is 0 Å². The van der Waals surface area contributed by atoms with E-state index >= 15 is 0 Å². The molecule has 2 rings (SSSR count). The van der Waals surface area contributed by atoms with Gasteiger partial charge in [-0.3, -0.25) is 5.32 Å². The van der Waals surface area contributed by atoms with E-state index in [2.05, 4.69) is 14.7 Å². The van der Waals surface area contributed by atoms with Crippen LogP contribution in [0.2, 0.25) is 0 Å². The second kappa shape index (κ2) is 8.56. The first-order chi connectivity index (χ1) is 14.1. The number of ether oxygens (including phenoxy) is 1. The van der Waals surface area contributed by atoms with Crippen molar-refractivity contribution in [2.75, 3.05) is 5.32 Å². The summed E-state index contributed by atoms with van der Waals surface area (Å²) in [5.74, 6) is -1.59. The topological polar surface area (TPSA) is 110 Å². The van der Waals surface area contributed by atoms with E-state index in [1.165, 1.54) is 4.72 Å². The number of rotatable bonds is 6. The maximum atomic E-state index is 13.6. The van der Waals surface area contributed by atoms with Gasteiger partial charge >= 0.3 is 18.3 Å². The summed E-state index contributed by atoms with van der Waals surface area (Å²) in [4.78, 5) is 18.5. The molecule has 8 nitrogen and oxygen atoms in total. The number of amides is 2. The molecule has 1 aromatic carbocycles. The Labute approximate surface area is 171 Å². The summed E-state index contributed by atoms with van der Waals surface area (Å²) < 4.78 is 107. The average molecular weight is 472 g/mol. The van der Waals surface area contributed by atoms with Gasteiger partial charge in [0.2, 0.25) is 5.95 Å². The van der Waals surface area contributed by atoms with Crippen LogP contribution in [-0.4, -0.2) is 42.9 Å². The largest absolute Gasteiger partial charge is 0.439 e. The minimum absolute atomic E-state index is 0.272. The molecule has 0 aliphatic carbocycles. The number of benzene rings is 1. The van der Waals surface area contributed by atoms with Crippen molar-refractivity contribution in [3.63, 3.8) is 0 Å². The number of alkyl halides is 6. The highest BCUT2D eigenvalue weighted by Crippen LogP contribution is 2.38. The molecule has 1 unspecified atom stereocenters. The van der Waals surface area contributed by atoms with E-state index in [4.69, 9.17) is 0 Å². The van der Waals surface area contributed by atoms with Crippen molar-refractivity contribution in [2.24, 2.45) is 0 Å². The molecule has 0 saturated carbocycles. The number of sulfonamides is 1. The molecule has 0 spiro atoms. The minimum atomic E-state index is -5.97. The summed E-state index contributed by atoms with van der Waals surface area (Å²) in [5.41, 5.74) is 0.883. The van der Waals surface area contributed by atoms with Gasteiger partial charge in [-0.15, -0.1) is 0 Å². The Bertz CT molecular complexity index is 1060. The fourth-order valence-corrected chi connectivity index (χ4v) is 3.27. The lowest BCUT2D eigenvalue weighted by Gasteiger charge is -2.24. The molecule has 0 aliphatic rings. The Kier molecular flexibility index (Phi) is 6.68. The smallest absolute Gasteiger partial charge is 0.429 e. The fraction of sp³-hybridized carbons (Fsp3) is 0.312. The van der Waals surface area contributed by atoms with Crippen molar-refractivity contribution in [1.82, 2.24) is 14.7 Å². The van der Waals surface area contributed by atoms with Gasteiger partial charge in [-0.05, 0) is 32.0 Å². The molecule has 1 aromatic heterocycles. The van der Waals surface area contributed by atoms with Crippen molar-refractivity contribution in [3.05, 3.63) is 41.7 Å². The van der Waals surface area contributed by atoms with Gasteiger partial charge in [-0.1, -0.05) is 12.1 Å². The van der Waals surface area contributed by atoms with Crippen LogP contribution < -0.4 is 14.8 Å². The van der Waals surface area contributed by atoms with Crippen LogP contribution in [-0.2, 0) is 10.0 Å². The third-order valence-electron chi connectivity index (χ3n) is 3.40. The maximum absolute atomic E-state index is 13.6. The first kappa shape index (κ1) is 24.2. The van der Waals surface area contributed by atoms with E-state index in [0.29, 0.717) is 23.5 Å². The third-order valence-corrected chi connectivity index (χ3v) is 4.77. The molecule has 2 amide bonds. The minimum Gasteiger partial charge on any atom is -0.429 e. The van der Waals surface area contributed by atoms with Gasteiger partial charge in [-0.2, -0.15) is 22.0 Å². The van der Waals surface area contributed by atoms with Gasteiger partial charge < -0.3 is 4.74 Å². The molecule has 0 radical (unpaired) electrons. The van der Waals surface area contributed by atoms with Crippen LogP contribution in [0.5, 0.6) is 5.75 Å². The second-order valence-corrected chi connectivity index (χ2v) is 7.70. The lowest BCUT2D eigenvalue weighted by Crippen LogP contribution is -2.46. The quantitative estimate of drug-likeness (QED) is 0.623. The molecule has 0 aliphatic heterocycles. The normalized spacial score (nSPS) is 13.4. The maximum Gasteiger partial charge on any atom is 0.439 e. The molecule has 1 heterocycles. The van der Waals surface area contributed by atoms with E-state index in [0.717, 1.165) is 12.1 Å². The Morgan fingerprint density at radius 1 is 1.06 bits per heavy atom.